The number of hydrogen-bond acceptors (Lipinski definition) is 4. The zero-order valence-corrected chi connectivity index (χ0v) is 48.0. The molecule has 16 heteroatoms. The fourth-order valence-electron chi connectivity index (χ4n) is 7.44. The second-order valence-electron chi connectivity index (χ2n) is 17.7. The van der Waals surface area contributed by atoms with E-state index in [9.17, 15) is 8.42 Å². The molecule has 0 fully saturated rings. The largest absolute Gasteiger partial charge is 0.455 e. The maximum Gasteiger partial charge on any atom is 0.455 e. The molecule has 0 N–H and O–H groups in total. The van der Waals surface area contributed by atoms with Gasteiger partial charge in [0, 0.05) is 18.4 Å². The van der Waals surface area contributed by atoms with Crippen molar-refractivity contribution in [2.24, 2.45) is 35.2 Å². The van der Waals surface area contributed by atoms with Gasteiger partial charge in [0.2, 0.25) is 12.7 Å². The Labute approximate surface area is 470 Å². The van der Waals surface area contributed by atoms with Crippen molar-refractivity contribution >= 4 is 40.1 Å². The van der Waals surface area contributed by atoms with E-state index >= 15 is 0 Å². The number of thioether (sulfide) groups is 1. The highest BCUT2D eigenvalue weighted by Crippen LogP contribution is 2.34. The molecule has 0 aliphatic rings. The fourth-order valence-corrected chi connectivity index (χ4v) is 11.3. The van der Waals surface area contributed by atoms with E-state index in [2.05, 4.69) is 199 Å². The Morgan fingerprint density at radius 3 is 1.51 bits per heavy atom. The van der Waals surface area contributed by atoms with Crippen LogP contribution < -0.4 is 38.2 Å². The van der Waals surface area contributed by atoms with Gasteiger partial charge < -0.3 is 4.74 Å². The monoisotopic (exact) mass is 1110 g/mol. The van der Waals surface area contributed by atoms with Crippen molar-refractivity contribution in [3.63, 3.8) is 0 Å². The van der Waals surface area contributed by atoms with Crippen LogP contribution in [0.2, 0.25) is 0 Å². The van der Waals surface area contributed by atoms with Crippen LogP contribution in [0.15, 0.2) is 140 Å². The van der Waals surface area contributed by atoms with E-state index in [0.29, 0.717) is 6.54 Å². The molecule has 7 rings (SSSR count). The van der Waals surface area contributed by atoms with Crippen molar-refractivity contribution in [3.8, 4) is 6.01 Å². The normalized spacial score (nSPS) is 10.2. The first-order valence-electron chi connectivity index (χ1n) is 25.6. The van der Waals surface area contributed by atoms with E-state index in [1.807, 2.05) is 70.7 Å². The smallest absolute Gasteiger partial charge is 0.431 e. The van der Waals surface area contributed by atoms with Gasteiger partial charge in [0.1, 0.15) is 68.5 Å². The number of nitrogens with zero attached hydrogens (tertiary/aromatic N) is 10. The SMILES string of the molecule is C.C.C.C.C.CCCCOc1n(CC)cc[n+]1C.CCCCc1n(CC)cc[n+]1C.CCCSc1n(CC)cc[n+]1C.C[n+]1ccn(CCCP(c2ccccc2)c2ccccc2)c1.C[n+]1ccn(CCS(C)(=O)=O)c1. The number of aryl methyl sites for hydroxylation is 10. The van der Waals surface area contributed by atoms with E-state index in [1.54, 1.807) is 0 Å². The average molecular weight is 1110 g/mol. The second-order valence-corrected chi connectivity index (χ2v) is 23.3. The lowest BCUT2D eigenvalue weighted by Crippen LogP contribution is -2.32. The van der Waals surface area contributed by atoms with Crippen LogP contribution in [0.4, 0.5) is 0 Å². The highest BCUT2D eigenvalue weighted by atomic mass is 32.2. The van der Waals surface area contributed by atoms with Crippen LogP contribution in [0.1, 0.15) is 123 Å². The quantitative estimate of drug-likeness (QED) is 0.0293. The molecule has 0 unspecified atom stereocenters. The van der Waals surface area contributed by atoms with Crippen molar-refractivity contribution in [2.75, 3.05) is 30.5 Å². The minimum atomic E-state index is -2.84. The summed E-state index contributed by atoms with van der Waals surface area (Å²) in [6, 6.07) is 22.9. The number of hydrogen-bond donors (Lipinski definition) is 0. The number of unbranched alkanes of at least 4 members (excludes halogenated alkanes) is 2. The van der Waals surface area contributed by atoms with Crippen molar-refractivity contribution in [2.45, 2.75) is 162 Å². The molecule has 2 aromatic carbocycles. The number of imidazole rings is 5. The van der Waals surface area contributed by atoms with Crippen LogP contribution in [0.3, 0.4) is 0 Å². The molecule has 0 radical (unpaired) electrons. The molecule has 430 valence electrons. The van der Waals surface area contributed by atoms with Gasteiger partial charge >= 0.3 is 11.2 Å². The van der Waals surface area contributed by atoms with Crippen molar-refractivity contribution in [1.82, 2.24) is 22.8 Å². The third-order valence-corrected chi connectivity index (χ3v) is 16.4. The third-order valence-electron chi connectivity index (χ3n) is 11.5. The van der Waals surface area contributed by atoms with Gasteiger partial charge in [-0.2, -0.15) is 4.57 Å². The Balaban J connectivity index is -0.000000886. The lowest BCUT2D eigenvalue weighted by molar-refractivity contribution is -0.709. The number of ether oxygens (including phenoxy) is 1. The highest BCUT2D eigenvalue weighted by molar-refractivity contribution is 7.99. The van der Waals surface area contributed by atoms with Crippen molar-refractivity contribution in [1.29, 1.82) is 0 Å². The number of sulfone groups is 1. The summed E-state index contributed by atoms with van der Waals surface area (Å²) < 4.78 is 48.5. The molecular formula is C60H110N10O3PS2+5. The van der Waals surface area contributed by atoms with E-state index < -0.39 is 9.84 Å². The molecule has 0 amide bonds. The van der Waals surface area contributed by atoms with Gasteiger partial charge in [-0.1, -0.05) is 131 Å². The number of benzene rings is 2. The van der Waals surface area contributed by atoms with Crippen LogP contribution in [0.5, 0.6) is 6.01 Å². The zero-order chi connectivity index (χ0) is 52.0. The molecular weight excluding hydrogens is 1000 g/mol. The topological polar surface area (TPSA) is 87.4 Å². The van der Waals surface area contributed by atoms with Crippen LogP contribution in [-0.4, -0.2) is 61.8 Å². The molecule has 0 bridgehead atoms. The summed E-state index contributed by atoms with van der Waals surface area (Å²) in [5.74, 6) is 2.85. The molecule has 0 saturated carbocycles. The van der Waals surface area contributed by atoms with Gasteiger partial charge in [0.25, 0.3) is 5.82 Å². The summed E-state index contributed by atoms with van der Waals surface area (Å²) in [5.41, 5.74) is 0. The van der Waals surface area contributed by atoms with Crippen molar-refractivity contribution in [3.05, 3.63) is 141 Å². The Hall–Kier alpha value is -4.98. The molecule has 76 heavy (non-hydrogen) atoms. The predicted octanol–water partition coefficient (Wildman–Crippen LogP) is 10.4. The maximum atomic E-state index is 10.8. The first-order valence-corrected chi connectivity index (χ1v) is 30.2. The summed E-state index contributed by atoms with van der Waals surface area (Å²) in [6.45, 7) is 18.6. The molecule has 0 atom stereocenters. The molecule has 13 nitrogen and oxygen atoms in total. The molecule has 7 aromatic rings. The Morgan fingerprint density at radius 1 is 0.553 bits per heavy atom. The third kappa shape index (κ3) is 27.9. The van der Waals surface area contributed by atoms with Gasteiger partial charge in [-0.3, -0.25) is 0 Å². The summed E-state index contributed by atoms with van der Waals surface area (Å²) >= 11 is 1.93. The molecule has 0 aliphatic carbocycles. The van der Waals surface area contributed by atoms with Crippen LogP contribution in [-0.2, 0) is 84.2 Å². The van der Waals surface area contributed by atoms with Crippen LogP contribution in [0, 0.1) is 0 Å². The van der Waals surface area contributed by atoms with Crippen molar-refractivity contribution < 1.29 is 36.0 Å². The molecule has 5 aromatic heterocycles. The van der Waals surface area contributed by atoms with Gasteiger partial charge in [0.15, 0.2) is 9.84 Å². The van der Waals surface area contributed by atoms with E-state index in [1.165, 1.54) is 78.3 Å². The Morgan fingerprint density at radius 2 is 1.04 bits per heavy atom. The molecule has 5 heterocycles. The van der Waals surface area contributed by atoms with Gasteiger partial charge in [-0.15, -0.1) is 0 Å². The minimum Gasteiger partial charge on any atom is -0.431 e. The highest BCUT2D eigenvalue weighted by Gasteiger charge is 2.16. The minimum absolute atomic E-state index is 0. The predicted molar refractivity (Wildman–Crippen MR) is 327 cm³/mol. The first-order chi connectivity index (χ1) is 34.2. The van der Waals surface area contributed by atoms with E-state index in [4.69, 9.17) is 4.74 Å². The van der Waals surface area contributed by atoms with E-state index in [-0.39, 0.29) is 50.8 Å². The standard InChI is InChI=1S/C19H22N2P.C10H19N2O.C10H19N2.C9H17N2S.C7H13N2O2S.5CH4/c1-20-14-15-21(17-20)13-8-16-22(18-9-4-2-5-10-18)19-11-6-3-7-12-19;1-4-6-9-13-10-11(3)7-8-12(10)5-2;1-4-6-7-10-11(3)8-9-12(10)5-2;1-4-8-12-9-10(3)6-7-11(9)5-2;1-8-3-4-9(7-8)5-6-12(2,10)11;;;;;/h2-7,9-12,14-15,17H,8,13,16H2,1H3;7-8H,4-6,9H2,1-3H3;8-9H,4-7H2,1-3H3;6-7H,4-5,8H2,1-3H3;3-4,7H,5-6H2,1-2H3;5*1H4/q5*+1;;;;;. The summed E-state index contributed by atoms with van der Waals surface area (Å²) in [4.78, 5) is 0. The fraction of sp³-hybridized carbons (Fsp3) is 0.550. The van der Waals surface area contributed by atoms with Crippen LogP contribution in [0.25, 0.3) is 0 Å². The Bertz CT molecular complexity index is 2490. The van der Waals surface area contributed by atoms with Gasteiger partial charge in [-0.25, -0.2) is 49.5 Å². The van der Waals surface area contributed by atoms with Gasteiger partial charge in [-0.05, 0) is 82.9 Å². The lowest BCUT2D eigenvalue weighted by atomic mass is 10.2. The first kappa shape index (κ1) is 75.3. The molecule has 0 saturated heterocycles. The number of aromatic nitrogens is 10. The maximum absolute atomic E-state index is 10.8. The van der Waals surface area contributed by atoms with E-state index in [0.717, 1.165) is 45.2 Å². The average Bonchev–Trinajstić information content (AvgIpc) is 4.22. The van der Waals surface area contributed by atoms with Crippen LogP contribution >= 0.6 is 19.7 Å². The molecule has 0 spiro atoms. The zero-order valence-electron chi connectivity index (χ0n) is 45.5. The summed E-state index contributed by atoms with van der Waals surface area (Å²) in [7, 11) is 7.09. The Kier molecular flexibility index (Phi) is 41.7. The lowest BCUT2D eigenvalue weighted by Gasteiger charge is -2.18. The second kappa shape index (κ2) is 42.1. The number of rotatable bonds is 22. The summed E-state index contributed by atoms with van der Waals surface area (Å²) in [5, 5.41) is 4.31. The summed E-state index contributed by atoms with van der Waals surface area (Å²) in [6.07, 6.45) is 35.5. The van der Waals surface area contributed by atoms with Gasteiger partial charge in [0.05, 0.1) is 73.8 Å². The molecule has 0 aliphatic heterocycles.